The van der Waals surface area contributed by atoms with Crippen LogP contribution in [0.3, 0.4) is 0 Å². The van der Waals surface area contributed by atoms with Gasteiger partial charge in [0.05, 0.1) is 16.1 Å². The van der Waals surface area contributed by atoms with Crippen LogP contribution in [0.15, 0.2) is 48.5 Å². The average Bonchev–Trinajstić information content (AvgIpc) is 2.90. The summed E-state index contributed by atoms with van der Waals surface area (Å²) in [6.07, 6.45) is -5.13. The summed E-state index contributed by atoms with van der Waals surface area (Å²) in [6.45, 7) is -0.103. The molecule has 0 saturated carbocycles. The van der Waals surface area contributed by atoms with Crippen LogP contribution in [-0.2, 0) is 25.6 Å². The molecule has 0 aliphatic rings. The summed E-state index contributed by atoms with van der Waals surface area (Å²) in [5.41, 5.74) is 0.558. The third-order valence-electron chi connectivity index (χ3n) is 5.49. The monoisotopic (exact) mass is 625 g/mol. The SMILES string of the molecule is CC(C)C(NC(=O)C(Cc1ccccc1)NC(=O)COc1ccc(Cl)c(Cl)c1)C(=O)C(F)(F)C(=O)NCC(F)(F)F. The van der Waals surface area contributed by atoms with Gasteiger partial charge in [0.2, 0.25) is 11.7 Å². The van der Waals surface area contributed by atoms with E-state index in [4.69, 9.17) is 27.9 Å². The van der Waals surface area contributed by atoms with Crippen LogP contribution in [0.2, 0.25) is 10.0 Å². The first-order valence-corrected chi connectivity index (χ1v) is 12.8. The maximum atomic E-state index is 14.5. The first-order chi connectivity index (χ1) is 19.0. The van der Waals surface area contributed by atoms with E-state index in [1.807, 2.05) is 0 Å². The van der Waals surface area contributed by atoms with E-state index in [9.17, 15) is 41.1 Å². The summed E-state index contributed by atoms with van der Waals surface area (Å²) < 4.78 is 71.5. The Morgan fingerprint density at radius 3 is 2.10 bits per heavy atom. The van der Waals surface area contributed by atoms with E-state index >= 15 is 0 Å². The molecule has 41 heavy (non-hydrogen) atoms. The molecule has 3 N–H and O–H groups in total. The molecule has 0 aliphatic heterocycles. The first-order valence-electron chi connectivity index (χ1n) is 12.0. The zero-order valence-electron chi connectivity index (χ0n) is 21.7. The molecule has 0 fully saturated rings. The highest BCUT2D eigenvalue weighted by Gasteiger charge is 2.52. The molecule has 3 amide bonds. The Bertz CT molecular complexity index is 1250. The fourth-order valence-electron chi connectivity index (χ4n) is 3.40. The van der Waals surface area contributed by atoms with Gasteiger partial charge in [-0.15, -0.1) is 0 Å². The van der Waals surface area contributed by atoms with Crippen LogP contribution in [0.4, 0.5) is 22.0 Å². The summed E-state index contributed by atoms with van der Waals surface area (Å²) in [5, 5.41) is 5.90. The number of hydrogen-bond donors (Lipinski definition) is 3. The van der Waals surface area contributed by atoms with Crippen molar-refractivity contribution in [2.75, 3.05) is 13.2 Å². The molecular formula is C26H26Cl2F5N3O5. The molecule has 2 atom stereocenters. The highest BCUT2D eigenvalue weighted by Crippen LogP contribution is 2.26. The van der Waals surface area contributed by atoms with Crippen LogP contribution in [-0.4, -0.2) is 60.8 Å². The lowest BCUT2D eigenvalue weighted by Crippen LogP contribution is -2.59. The van der Waals surface area contributed by atoms with Gasteiger partial charge in [-0.05, 0) is 23.6 Å². The van der Waals surface area contributed by atoms with Crippen molar-refractivity contribution in [1.29, 1.82) is 0 Å². The standard InChI is InChI=1S/C26H26Cl2F5N3O5/c1-14(2)21(22(38)26(32,33)24(40)34-13-25(29,30)31)36-23(39)19(10-15-6-4-3-5-7-15)35-20(37)12-41-16-8-9-17(27)18(28)11-16/h3-9,11,14,19,21H,10,12-13H2,1-2H3,(H,34,40)(H,35,37)(H,36,39). The number of halogens is 7. The van der Waals surface area contributed by atoms with Crippen LogP contribution in [0.1, 0.15) is 19.4 Å². The molecule has 2 rings (SSSR count). The number of hydrogen-bond acceptors (Lipinski definition) is 5. The number of nitrogens with one attached hydrogen (secondary N) is 3. The summed E-state index contributed by atoms with van der Waals surface area (Å²) in [7, 11) is 0. The van der Waals surface area contributed by atoms with Gasteiger partial charge >= 0.3 is 12.1 Å². The second kappa shape index (κ2) is 14.4. The number of benzene rings is 2. The summed E-state index contributed by atoms with van der Waals surface area (Å²) in [5.74, 6) is -12.2. The molecule has 0 radical (unpaired) electrons. The number of alkyl halides is 5. The minimum atomic E-state index is -4.99. The number of ketones is 1. The van der Waals surface area contributed by atoms with E-state index < -0.39 is 66.8 Å². The summed E-state index contributed by atoms with van der Waals surface area (Å²) >= 11 is 11.8. The second-order valence-corrected chi connectivity index (χ2v) is 9.96. The molecule has 0 spiro atoms. The van der Waals surface area contributed by atoms with Gasteiger partial charge in [0.25, 0.3) is 11.8 Å². The van der Waals surface area contributed by atoms with Crippen molar-refractivity contribution in [3.8, 4) is 5.75 Å². The van der Waals surface area contributed by atoms with Gasteiger partial charge in [0.1, 0.15) is 18.3 Å². The largest absolute Gasteiger partial charge is 0.484 e. The lowest BCUT2D eigenvalue weighted by atomic mass is 9.94. The lowest BCUT2D eigenvalue weighted by Gasteiger charge is -2.27. The second-order valence-electron chi connectivity index (χ2n) is 9.14. The van der Waals surface area contributed by atoms with Gasteiger partial charge in [0.15, 0.2) is 6.61 Å². The van der Waals surface area contributed by atoms with E-state index in [-0.39, 0.29) is 22.2 Å². The van der Waals surface area contributed by atoms with Gasteiger partial charge in [-0.25, -0.2) is 0 Å². The topological polar surface area (TPSA) is 114 Å². The van der Waals surface area contributed by atoms with Crippen molar-refractivity contribution in [1.82, 2.24) is 16.0 Å². The molecule has 0 saturated heterocycles. The van der Waals surface area contributed by atoms with Gasteiger partial charge in [-0.2, -0.15) is 22.0 Å². The molecule has 2 aromatic rings. The fourth-order valence-corrected chi connectivity index (χ4v) is 3.69. The van der Waals surface area contributed by atoms with Crippen molar-refractivity contribution in [2.45, 2.75) is 44.5 Å². The molecule has 0 aromatic heterocycles. The van der Waals surface area contributed by atoms with E-state index in [2.05, 4.69) is 10.6 Å². The van der Waals surface area contributed by atoms with Crippen LogP contribution in [0.5, 0.6) is 5.75 Å². The maximum Gasteiger partial charge on any atom is 0.405 e. The Morgan fingerprint density at radius 1 is 0.902 bits per heavy atom. The van der Waals surface area contributed by atoms with E-state index in [1.54, 1.807) is 30.3 Å². The molecule has 2 unspecified atom stereocenters. The molecule has 0 bridgehead atoms. The van der Waals surface area contributed by atoms with Crippen LogP contribution >= 0.6 is 23.2 Å². The van der Waals surface area contributed by atoms with Gasteiger partial charge in [-0.1, -0.05) is 67.4 Å². The number of rotatable bonds is 13. The smallest absolute Gasteiger partial charge is 0.405 e. The quantitative estimate of drug-likeness (QED) is 0.229. The maximum absolute atomic E-state index is 14.5. The Balaban J connectivity index is 2.19. The highest BCUT2D eigenvalue weighted by molar-refractivity contribution is 6.42. The normalized spacial score (nSPS) is 13.2. The van der Waals surface area contributed by atoms with Gasteiger partial charge < -0.3 is 20.7 Å². The minimum absolute atomic E-state index is 0.132. The number of Topliss-reactive ketones (excluding diaryl/α,β-unsaturated/α-hetero) is 1. The number of amides is 3. The predicted octanol–water partition coefficient (Wildman–Crippen LogP) is 4.12. The van der Waals surface area contributed by atoms with E-state index in [0.717, 1.165) is 5.32 Å². The molecule has 15 heteroatoms. The number of carbonyl (C=O) groups excluding carboxylic acids is 4. The fraction of sp³-hybridized carbons (Fsp3) is 0.385. The zero-order chi connectivity index (χ0) is 31.0. The Kier molecular flexibility index (Phi) is 11.9. The Labute approximate surface area is 241 Å². The highest BCUT2D eigenvalue weighted by atomic mass is 35.5. The van der Waals surface area contributed by atoms with Crippen molar-refractivity contribution in [2.24, 2.45) is 5.92 Å². The van der Waals surface area contributed by atoms with Crippen molar-refractivity contribution in [3.05, 3.63) is 64.1 Å². The van der Waals surface area contributed by atoms with Gasteiger partial charge in [-0.3, -0.25) is 19.2 Å². The zero-order valence-corrected chi connectivity index (χ0v) is 23.2. The summed E-state index contributed by atoms with van der Waals surface area (Å²) in [6, 6.07) is 9.11. The third-order valence-corrected chi connectivity index (χ3v) is 6.23. The molecular weight excluding hydrogens is 600 g/mol. The minimum Gasteiger partial charge on any atom is -0.484 e. The third kappa shape index (κ3) is 10.5. The molecule has 8 nitrogen and oxygen atoms in total. The van der Waals surface area contributed by atoms with E-state index in [0.29, 0.717) is 5.56 Å². The Morgan fingerprint density at radius 2 is 1.54 bits per heavy atom. The Hall–Kier alpha value is -3.45. The summed E-state index contributed by atoms with van der Waals surface area (Å²) in [4.78, 5) is 50.1. The molecule has 0 aliphatic carbocycles. The van der Waals surface area contributed by atoms with Crippen LogP contribution < -0.4 is 20.7 Å². The molecule has 0 heterocycles. The van der Waals surface area contributed by atoms with Crippen molar-refractivity contribution >= 4 is 46.7 Å². The van der Waals surface area contributed by atoms with Crippen molar-refractivity contribution < 1.29 is 45.9 Å². The number of carbonyl (C=O) groups is 4. The predicted molar refractivity (Wildman–Crippen MR) is 140 cm³/mol. The van der Waals surface area contributed by atoms with Gasteiger partial charge in [0, 0.05) is 12.5 Å². The first kappa shape index (κ1) is 33.8. The van der Waals surface area contributed by atoms with E-state index in [1.165, 1.54) is 32.0 Å². The number of ether oxygens (including phenoxy) is 1. The molecule has 2 aromatic carbocycles. The van der Waals surface area contributed by atoms with Crippen molar-refractivity contribution in [3.63, 3.8) is 0 Å². The average molecular weight is 626 g/mol. The van der Waals surface area contributed by atoms with Crippen LogP contribution in [0.25, 0.3) is 0 Å². The molecule has 224 valence electrons. The lowest BCUT2D eigenvalue weighted by molar-refractivity contribution is -0.165. The van der Waals surface area contributed by atoms with Crippen LogP contribution in [0, 0.1) is 5.92 Å².